The molecule has 1 N–H and O–H groups in total. The summed E-state index contributed by atoms with van der Waals surface area (Å²) in [6.07, 6.45) is 0.262. The molecule has 4 heteroatoms. The van der Waals surface area contributed by atoms with Gasteiger partial charge in [0, 0.05) is 18.7 Å². The standard InChI is InChI=1S/C14H20N2O2/c1-12(2)17-10-8-16-11-13-5-3-4-6-14(13)18-9-7-15/h3-6,12,16H,8-11H2,1-2H3. The van der Waals surface area contributed by atoms with Crippen molar-refractivity contribution in [2.75, 3.05) is 19.8 Å². The van der Waals surface area contributed by atoms with E-state index in [1.165, 1.54) is 0 Å². The zero-order valence-electron chi connectivity index (χ0n) is 11.0. The van der Waals surface area contributed by atoms with E-state index in [-0.39, 0.29) is 12.7 Å². The minimum absolute atomic E-state index is 0.0769. The summed E-state index contributed by atoms with van der Waals surface area (Å²) >= 11 is 0. The van der Waals surface area contributed by atoms with Crippen molar-refractivity contribution in [3.63, 3.8) is 0 Å². The zero-order valence-corrected chi connectivity index (χ0v) is 11.0. The van der Waals surface area contributed by atoms with Gasteiger partial charge in [0.25, 0.3) is 0 Å². The number of nitrogens with zero attached hydrogens (tertiary/aromatic N) is 1. The van der Waals surface area contributed by atoms with Crippen LogP contribution in [0.5, 0.6) is 5.75 Å². The van der Waals surface area contributed by atoms with Crippen molar-refractivity contribution < 1.29 is 9.47 Å². The van der Waals surface area contributed by atoms with E-state index in [0.717, 1.165) is 17.9 Å². The summed E-state index contributed by atoms with van der Waals surface area (Å²) in [6.45, 7) is 6.32. The third-order valence-corrected chi connectivity index (χ3v) is 2.31. The van der Waals surface area contributed by atoms with Crippen molar-refractivity contribution in [2.45, 2.75) is 26.5 Å². The molecule has 0 saturated carbocycles. The summed E-state index contributed by atoms with van der Waals surface area (Å²) in [6, 6.07) is 9.69. The molecule has 0 spiro atoms. The second-order valence-corrected chi connectivity index (χ2v) is 4.15. The molecule has 0 aliphatic rings. The highest BCUT2D eigenvalue weighted by atomic mass is 16.5. The van der Waals surface area contributed by atoms with Crippen LogP contribution in [0.1, 0.15) is 19.4 Å². The van der Waals surface area contributed by atoms with Gasteiger partial charge in [0.1, 0.15) is 11.8 Å². The Balaban J connectivity index is 2.35. The summed E-state index contributed by atoms with van der Waals surface area (Å²) in [4.78, 5) is 0. The molecule has 0 heterocycles. The number of hydrogen-bond acceptors (Lipinski definition) is 4. The van der Waals surface area contributed by atoms with E-state index >= 15 is 0 Å². The first-order valence-electron chi connectivity index (χ1n) is 6.14. The van der Waals surface area contributed by atoms with E-state index < -0.39 is 0 Å². The van der Waals surface area contributed by atoms with Gasteiger partial charge in [-0.1, -0.05) is 18.2 Å². The Morgan fingerprint density at radius 3 is 2.83 bits per heavy atom. The molecule has 0 fully saturated rings. The molecule has 0 radical (unpaired) electrons. The molecule has 0 aliphatic carbocycles. The van der Waals surface area contributed by atoms with Gasteiger partial charge in [-0.3, -0.25) is 0 Å². The van der Waals surface area contributed by atoms with Crippen molar-refractivity contribution in [1.29, 1.82) is 5.26 Å². The van der Waals surface area contributed by atoms with Crippen LogP contribution in [-0.4, -0.2) is 25.9 Å². The van der Waals surface area contributed by atoms with Crippen LogP contribution in [0.3, 0.4) is 0 Å². The van der Waals surface area contributed by atoms with Crippen LogP contribution < -0.4 is 10.1 Å². The first-order chi connectivity index (χ1) is 8.74. The number of para-hydroxylation sites is 1. The molecule has 0 saturated heterocycles. The topological polar surface area (TPSA) is 54.3 Å². The molecule has 0 aromatic heterocycles. The Hall–Kier alpha value is -1.57. The van der Waals surface area contributed by atoms with Gasteiger partial charge in [0.05, 0.1) is 12.7 Å². The Morgan fingerprint density at radius 1 is 1.33 bits per heavy atom. The number of nitriles is 1. The van der Waals surface area contributed by atoms with Crippen LogP contribution in [0.25, 0.3) is 0 Å². The molecular formula is C14H20N2O2. The number of rotatable bonds is 8. The molecule has 0 amide bonds. The van der Waals surface area contributed by atoms with Gasteiger partial charge in [0.2, 0.25) is 0 Å². The van der Waals surface area contributed by atoms with Crippen molar-refractivity contribution in [3.05, 3.63) is 29.8 Å². The highest BCUT2D eigenvalue weighted by Gasteiger charge is 2.02. The Kier molecular flexibility index (Phi) is 6.85. The molecule has 1 rings (SSSR count). The van der Waals surface area contributed by atoms with E-state index in [0.29, 0.717) is 13.2 Å². The third-order valence-electron chi connectivity index (χ3n) is 2.31. The number of hydrogen-bond donors (Lipinski definition) is 1. The van der Waals surface area contributed by atoms with Crippen molar-refractivity contribution in [3.8, 4) is 11.8 Å². The fraction of sp³-hybridized carbons (Fsp3) is 0.500. The van der Waals surface area contributed by atoms with Gasteiger partial charge in [-0.2, -0.15) is 5.26 Å². The average Bonchev–Trinajstić information content (AvgIpc) is 2.36. The van der Waals surface area contributed by atoms with E-state index in [2.05, 4.69) is 5.32 Å². The molecule has 1 aromatic rings. The maximum absolute atomic E-state index is 8.51. The van der Waals surface area contributed by atoms with Gasteiger partial charge >= 0.3 is 0 Å². The smallest absolute Gasteiger partial charge is 0.174 e. The lowest BCUT2D eigenvalue weighted by atomic mass is 10.2. The second-order valence-electron chi connectivity index (χ2n) is 4.15. The summed E-state index contributed by atoms with van der Waals surface area (Å²) in [5.41, 5.74) is 1.05. The van der Waals surface area contributed by atoms with Crippen molar-refractivity contribution in [1.82, 2.24) is 5.32 Å². The van der Waals surface area contributed by atoms with E-state index in [9.17, 15) is 0 Å². The minimum atomic E-state index is 0.0769. The predicted molar refractivity (Wildman–Crippen MR) is 70.3 cm³/mol. The normalized spacial score (nSPS) is 10.3. The quantitative estimate of drug-likeness (QED) is 0.716. The average molecular weight is 248 g/mol. The van der Waals surface area contributed by atoms with Crippen molar-refractivity contribution in [2.24, 2.45) is 0 Å². The number of nitrogens with one attached hydrogen (secondary N) is 1. The molecule has 18 heavy (non-hydrogen) atoms. The molecule has 0 atom stereocenters. The first-order valence-corrected chi connectivity index (χ1v) is 6.14. The van der Waals surface area contributed by atoms with Crippen LogP contribution in [-0.2, 0) is 11.3 Å². The van der Waals surface area contributed by atoms with E-state index in [1.54, 1.807) is 0 Å². The summed E-state index contributed by atoms with van der Waals surface area (Å²) in [5.74, 6) is 0.760. The predicted octanol–water partition coefficient (Wildman–Crippen LogP) is 2.10. The highest BCUT2D eigenvalue weighted by molar-refractivity contribution is 5.33. The Morgan fingerprint density at radius 2 is 2.11 bits per heavy atom. The monoisotopic (exact) mass is 248 g/mol. The Bertz CT molecular complexity index is 386. The summed E-state index contributed by atoms with van der Waals surface area (Å²) in [7, 11) is 0. The largest absolute Gasteiger partial charge is 0.478 e. The molecule has 0 bridgehead atoms. The lowest BCUT2D eigenvalue weighted by Gasteiger charge is -2.11. The second kappa shape index (κ2) is 8.51. The third kappa shape index (κ3) is 5.67. The molecular weight excluding hydrogens is 228 g/mol. The molecule has 0 unspecified atom stereocenters. The fourth-order valence-corrected chi connectivity index (χ4v) is 1.49. The lowest BCUT2D eigenvalue weighted by Crippen LogP contribution is -2.21. The van der Waals surface area contributed by atoms with Gasteiger partial charge < -0.3 is 14.8 Å². The minimum Gasteiger partial charge on any atom is -0.478 e. The Labute approximate surface area is 109 Å². The van der Waals surface area contributed by atoms with Gasteiger partial charge in [-0.05, 0) is 19.9 Å². The number of benzene rings is 1. The zero-order chi connectivity index (χ0) is 13.2. The molecule has 98 valence electrons. The van der Waals surface area contributed by atoms with Crippen LogP contribution in [0, 0.1) is 11.3 Å². The maximum Gasteiger partial charge on any atom is 0.174 e. The van der Waals surface area contributed by atoms with E-state index in [4.69, 9.17) is 14.7 Å². The van der Waals surface area contributed by atoms with Crippen LogP contribution in [0.15, 0.2) is 24.3 Å². The first kappa shape index (κ1) is 14.5. The fourth-order valence-electron chi connectivity index (χ4n) is 1.49. The van der Waals surface area contributed by atoms with Gasteiger partial charge in [-0.15, -0.1) is 0 Å². The van der Waals surface area contributed by atoms with Gasteiger partial charge in [-0.25, -0.2) is 0 Å². The SMILES string of the molecule is CC(C)OCCNCc1ccccc1OCC#N. The maximum atomic E-state index is 8.51. The molecule has 1 aromatic carbocycles. The van der Waals surface area contributed by atoms with Crippen LogP contribution >= 0.6 is 0 Å². The highest BCUT2D eigenvalue weighted by Crippen LogP contribution is 2.17. The molecule has 4 nitrogen and oxygen atoms in total. The summed E-state index contributed by atoms with van der Waals surface area (Å²) in [5, 5.41) is 11.8. The van der Waals surface area contributed by atoms with Crippen molar-refractivity contribution >= 4 is 0 Å². The lowest BCUT2D eigenvalue weighted by molar-refractivity contribution is 0.0807. The van der Waals surface area contributed by atoms with Crippen LogP contribution in [0.4, 0.5) is 0 Å². The molecule has 0 aliphatic heterocycles. The van der Waals surface area contributed by atoms with E-state index in [1.807, 2.05) is 44.2 Å². The summed E-state index contributed by atoms with van der Waals surface area (Å²) < 4.78 is 10.8. The number of ether oxygens (including phenoxy) is 2. The van der Waals surface area contributed by atoms with Gasteiger partial charge in [0.15, 0.2) is 6.61 Å². The van der Waals surface area contributed by atoms with Crippen LogP contribution in [0.2, 0.25) is 0 Å².